The van der Waals surface area contributed by atoms with Gasteiger partial charge in [0.05, 0.1) is 0 Å². The molecular formula is C30H25N. The van der Waals surface area contributed by atoms with Crippen LogP contribution in [0.3, 0.4) is 0 Å². The van der Waals surface area contributed by atoms with Crippen molar-refractivity contribution in [2.24, 2.45) is 0 Å². The molecule has 1 N–H and O–H groups in total. The maximum Gasteiger partial charge on any atom is 0.0440 e. The van der Waals surface area contributed by atoms with E-state index in [-0.39, 0.29) is 5.41 Å². The molecule has 0 aromatic heterocycles. The highest BCUT2D eigenvalue weighted by Crippen LogP contribution is 2.49. The quantitative estimate of drug-likeness (QED) is 0.342. The van der Waals surface area contributed by atoms with Crippen LogP contribution in [0.2, 0.25) is 0 Å². The summed E-state index contributed by atoms with van der Waals surface area (Å²) in [6, 6.07) is 32.3. The van der Waals surface area contributed by atoms with E-state index in [1.165, 1.54) is 33.4 Å². The van der Waals surface area contributed by atoms with Crippen LogP contribution in [-0.4, -0.2) is 0 Å². The van der Waals surface area contributed by atoms with Gasteiger partial charge in [0.1, 0.15) is 0 Å². The van der Waals surface area contributed by atoms with Gasteiger partial charge in [-0.25, -0.2) is 0 Å². The van der Waals surface area contributed by atoms with Gasteiger partial charge in [-0.15, -0.1) is 0 Å². The molecule has 150 valence electrons. The second kappa shape index (κ2) is 6.72. The first-order valence-electron chi connectivity index (χ1n) is 11.4. The van der Waals surface area contributed by atoms with Gasteiger partial charge in [0.2, 0.25) is 0 Å². The highest BCUT2D eigenvalue weighted by atomic mass is 14.9. The van der Waals surface area contributed by atoms with Crippen molar-refractivity contribution in [2.75, 3.05) is 5.32 Å². The first kappa shape index (κ1) is 17.1. The lowest BCUT2D eigenvalue weighted by atomic mass is 9.82. The van der Waals surface area contributed by atoms with Crippen molar-refractivity contribution in [3.05, 3.63) is 120 Å². The summed E-state index contributed by atoms with van der Waals surface area (Å²) >= 11 is 0. The zero-order valence-corrected chi connectivity index (χ0v) is 17.8. The molecule has 0 saturated heterocycles. The van der Waals surface area contributed by atoms with Gasteiger partial charge in [0, 0.05) is 24.1 Å². The van der Waals surface area contributed by atoms with E-state index in [1.54, 1.807) is 0 Å². The summed E-state index contributed by atoms with van der Waals surface area (Å²) in [6.45, 7) is 4.62. The molecule has 0 saturated carbocycles. The highest BCUT2D eigenvalue weighted by Gasteiger charge is 2.35. The minimum Gasteiger partial charge on any atom is -0.356 e. The van der Waals surface area contributed by atoms with Crippen molar-refractivity contribution in [1.29, 1.82) is 0 Å². The molecule has 0 amide bonds. The lowest BCUT2D eigenvalue weighted by molar-refractivity contribution is 0.660. The maximum absolute atomic E-state index is 8.18. The molecule has 1 nitrogen and oxygen atoms in total. The Labute approximate surface area is 185 Å². The smallest absolute Gasteiger partial charge is 0.0440 e. The Kier molecular flexibility index (Phi) is 3.71. The van der Waals surface area contributed by atoms with Crippen LogP contribution in [0.25, 0.3) is 22.3 Å². The second-order valence-electron chi connectivity index (χ2n) is 9.00. The van der Waals surface area contributed by atoms with Crippen molar-refractivity contribution in [2.45, 2.75) is 25.2 Å². The SMILES string of the molecule is [2H]C1(c2ccc(-c3ccc(Nc4ccc5c(c4)C(C)(C)c4ccccc4-5)cc3)cc2)C=C1. The summed E-state index contributed by atoms with van der Waals surface area (Å²) in [5.41, 5.74) is 11.0. The summed E-state index contributed by atoms with van der Waals surface area (Å²) < 4.78 is 8.18. The molecule has 4 aromatic rings. The highest BCUT2D eigenvalue weighted by molar-refractivity contribution is 5.83. The Balaban J connectivity index is 1.23. The summed E-state index contributed by atoms with van der Waals surface area (Å²) in [6.07, 6.45) is 3.84. The number of rotatable bonds is 4. The molecule has 0 unspecified atom stereocenters. The third kappa shape index (κ3) is 3.09. The van der Waals surface area contributed by atoms with Gasteiger partial charge in [-0.1, -0.05) is 92.7 Å². The average molecular weight is 401 g/mol. The van der Waals surface area contributed by atoms with Crippen LogP contribution in [0, 0.1) is 0 Å². The van der Waals surface area contributed by atoms with Crippen molar-refractivity contribution >= 4 is 11.4 Å². The molecule has 0 aliphatic heterocycles. The summed E-state index contributed by atoms with van der Waals surface area (Å²) in [5, 5.41) is 3.58. The summed E-state index contributed by atoms with van der Waals surface area (Å²) in [4.78, 5) is 0. The largest absolute Gasteiger partial charge is 0.356 e. The fourth-order valence-electron chi connectivity index (χ4n) is 4.78. The van der Waals surface area contributed by atoms with Crippen molar-refractivity contribution < 1.29 is 1.37 Å². The van der Waals surface area contributed by atoms with E-state index >= 15 is 0 Å². The molecule has 31 heavy (non-hydrogen) atoms. The number of anilines is 2. The first-order valence-corrected chi connectivity index (χ1v) is 10.9. The third-order valence-corrected chi connectivity index (χ3v) is 6.64. The molecule has 0 atom stereocenters. The van der Waals surface area contributed by atoms with E-state index in [1.807, 2.05) is 12.2 Å². The van der Waals surface area contributed by atoms with Crippen molar-refractivity contribution in [3.8, 4) is 22.3 Å². The second-order valence-corrected chi connectivity index (χ2v) is 9.00. The van der Waals surface area contributed by atoms with Gasteiger partial charge in [-0.05, 0) is 63.2 Å². The van der Waals surface area contributed by atoms with Gasteiger partial charge >= 0.3 is 0 Å². The number of fused-ring (bicyclic) bond motifs is 3. The molecule has 2 aliphatic rings. The molecule has 0 heterocycles. The molecule has 2 aliphatic carbocycles. The Hall–Kier alpha value is -3.58. The van der Waals surface area contributed by atoms with Gasteiger partial charge in [0.15, 0.2) is 0 Å². The fourth-order valence-corrected chi connectivity index (χ4v) is 4.78. The van der Waals surface area contributed by atoms with Crippen LogP contribution in [0.4, 0.5) is 11.4 Å². The van der Waals surface area contributed by atoms with Crippen molar-refractivity contribution in [1.82, 2.24) is 0 Å². The van der Waals surface area contributed by atoms with Gasteiger partial charge in [-0.3, -0.25) is 0 Å². The van der Waals surface area contributed by atoms with E-state index in [0.717, 1.165) is 16.9 Å². The predicted molar refractivity (Wildman–Crippen MR) is 131 cm³/mol. The molecule has 6 rings (SSSR count). The van der Waals surface area contributed by atoms with Gasteiger partial charge < -0.3 is 5.32 Å². The summed E-state index contributed by atoms with van der Waals surface area (Å²) in [5.74, 6) is -0.571. The van der Waals surface area contributed by atoms with Gasteiger partial charge in [-0.2, -0.15) is 0 Å². The summed E-state index contributed by atoms with van der Waals surface area (Å²) in [7, 11) is 0. The maximum atomic E-state index is 8.18. The lowest BCUT2D eigenvalue weighted by Gasteiger charge is -2.22. The molecule has 0 bridgehead atoms. The van der Waals surface area contributed by atoms with Gasteiger partial charge in [0.25, 0.3) is 0 Å². The predicted octanol–water partition coefficient (Wildman–Crippen LogP) is 8.06. The Morgan fingerprint density at radius 3 is 2.00 bits per heavy atom. The number of hydrogen-bond donors (Lipinski definition) is 1. The third-order valence-electron chi connectivity index (χ3n) is 6.64. The Morgan fingerprint density at radius 1 is 0.677 bits per heavy atom. The standard InChI is InChI=1S/C30H25N/c1-30(2)28-6-4-3-5-26(28)27-18-17-25(19-29(27)30)31-24-15-13-23(14-16-24)22-11-9-21(10-12-22)20-7-8-20/h3-20,31H,1-2H3/i20D. The van der Waals surface area contributed by atoms with E-state index in [2.05, 4.69) is 110 Å². The molecule has 1 heteroatoms. The van der Waals surface area contributed by atoms with E-state index < -0.39 is 5.89 Å². The first-order chi connectivity index (χ1) is 15.4. The van der Waals surface area contributed by atoms with Crippen LogP contribution in [0.1, 0.15) is 37.8 Å². The van der Waals surface area contributed by atoms with Crippen LogP contribution in [-0.2, 0) is 5.41 Å². The topological polar surface area (TPSA) is 12.0 Å². The number of nitrogens with one attached hydrogen (secondary N) is 1. The molecule has 0 fully saturated rings. The lowest BCUT2D eigenvalue weighted by Crippen LogP contribution is -2.15. The molecule has 0 spiro atoms. The number of hydrogen-bond acceptors (Lipinski definition) is 1. The minimum absolute atomic E-state index is 0.00719. The zero-order valence-electron chi connectivity index (χ0n) is 18.8. The van der Waals surface area contributed by atoms with Crippen LogP contribution < -0.4 is 5.32 Å². The molecular weight excluding hydrogens is 374 g/mol. The fraction of sp³-hybridized carbons (Fsp3) is 0.133. The van der Waals surface area contributed by atoms with Crippen LogP contribution in [0.5, 0.6) is 0 Å². The Bertz CT molecular complexity index is 1360. The normalized spacial score (nSPS) is 16.9. The monoisotopic (exact) mass is 400 g/mol. The van der Waals surface area contributed by atoms with E-state index in [0.29, 0.717) is 0 Å². The zero-order chi connectivity index (χ0) is 21.9. The molecule has 4 aromatic carbocycles. The van der Waals surface area contributed by atoms with E-state index in [9.17, 15) is 0 Å². The van der Waals surface area contributed by atoms with Crippen LogP contribution in [0.15, 0.2) is 103 Å². The number of allylic oxidation sites excluding steroid dienone is 2. The minimum atomic E-state index is -0.571. The Morgan fingerprint density at radius 2 is 1.29 bits per heavy atom. The van der Waals surface area contributed by atoms with Crippen LogP contribution >= 0.6 is 0 Å². The average Bonchev–Trinajstić information content (AvgIpc) is 3.53. The molecule has 0 radical (unpaired) electrons. The number of benzene rings is 4. The van der Waals surface area contributed by atoms with Crippen molar-refractivity contribution in [3.63, 3.8) is 0 Å². The van der Waals surface area contributed by atoms with E-state index in [4.69, 9.17) is 1.37 Å².